The van der Waals surface area contributed by atoms with Crippen LogP contribution in [0, 0.1) is 5.92 Å². The second-order valence-corrected chi connectivity index (χ2v) is 7.06. The summed E-state index contributed by atoms with van der Waals surface area (Å²) in [5.74, 6) is 2.25. The number of carbonyl (C=O) groups excluding carboxylic acids is 1. The van der Waals surface area contributed by atoms with Crippen molar-refractivity contribution in [3.05, 3.63) is 54.1 Å². The molecule has 0 spiro atoms. The van der Waals surface area contributed by atoms with Crippen LogP contribution in [0.15, 0.2) is 51.6 Å². The number of furan rings is 1. The molecule has 1 saturated carbocycles. The van der Waals surface area contributed by atoms with Gasteiger partial charge in [0.25, 0.3) is 0 Å². The van der Waals surface area contributed by atoms with Gasteiger partial charge >= 0.3 is 0 Å². The number of hydrogen-bond donors (Lipinski definition) is 1. The Bertz CT molecular complexity index is 880. The summed E-state index contributed by atoms with van der Waals surface area (Å²) in [7, 11) is 0. The maximum atomic E-state index is 12.4. The van der Waals surface area contributed by atoms with Crippen molar-refractivity contribution >= 4 is 11.6 Å². The summed E-state index contributed by atoms with van der Waals surface area (Å²) in [6.07, 6.45) is 8.71. The normalized spacial score (nSPS) is 14.5. The van der Waals surface area contributed by atoms with Gasteiger partial charge in [0.05, 0.1) is 12.7 Å². The zero-order chi connectivity index (χ0) is 18.5. The van der Waals surface area contributed by atoms with Crippen LogP contribution in [-0.2, 0) is 11.2 Å². The SMILES string of the molecule is O=C(CCC1CCCC1)Nc1ccccc1Cc1nc(-c2ccco2)no1. The number of para-hydroxylation sites is 1. The number of amides is 1. The topological polar surface area (TPSA) is 81.2 Å². The Hall–Kier alpha value is -2.89. The molecule has 1 amide bonds. The third-order valence-electron chi connectivity index (χ3n) is 5.10. The first-order valence-corrected chi connectivity index (χ1v) is 9.52. The van der Waals surface area contributed by atoms with E-state index >= 15 is 0 Å². The lowest BCUT2D eigenvalue weighted by Gasteiger charge is -2.11. The lowest BCUT2D eigenvalue weighted by Crippen LogP contribution is -2.14. The Labute approximate surface area is 158 Å². The predicted octanol–water partition coefficient (Wildman–Crippen LogP) is 4.83. The molecule has 2 aromatic heterocycles. The second kappa shape index (κ2) is 8.20. The molecule has 1 aromatic carbocycles. The Morgan fingerprint density at radius 1 is 1.15 bits per heavy atom. The van der Waals surface area contributed by atoms with Gasteiger partial charge in [-0.1, -0.05) is 49.0 Å². The van der Waals surface area contributed by atoms with Crippen molar-refractivity contribution in [3.63, 3.8) is 0 Å². The number of nitrogens with one attached hydrogen (secondary N) is 1. The molecule has 1 aliphatic rings. The third-order valence-corrected chi connectivity index (χ3v) is 5.10. The monoisotopic (exact) mass is 365 g/mol. The minimum absolute atomic E-state index is 0.0659. The quantitative estimate of drug-likeness (QED) is 0.648. The Kier molecular flexibility index (Phi) is 5.32. The van der Waals surface area contributed by atoms with Gasteiger partial charge in [0.15, 0.2) is 5.76 Å². The Balaban J connectivity index is 1.39. The van der Waals surface area contributed by atoms with Crippen molar-refractivity contribution in [3.8, 4) is 11.6 Å². The zero-order valence-electron chi connectivity index (χ0n) is 15.2. The van der Waals surface area contributed by atoms with Gasteiger partial charge in [-0.2, -0.15) is 4.98 Å². The standard InChI is InChI=1S/C21H23N3O3/c25-19(12-11-15-6-1-2-7-15)22-17-9-4-3-8-16(17)14-20-23-21(24-27-20)18-10-5-13-26-18/h3-5,8-10,13,15H,1-2,6-7,11-12,14H2,(H,22,25). The van der Waals surface area contributed by atoms with Crippen LogP contribution in [-0.4, -0.2) is 16.0 Å². The summed E-state index contributed by atoms with van der Waals surface area (Å²) in [6.45, 7) is 0. The second-order valence-electron chi connectivity index (χ2n) is 7.06. The van der Waals surface area contributed by atoms with Gasteiger partial charge in [-0.05, 0) is 36.1 Å². The number of anilines is 1. The van der Waals surface area contributed by atoms with Crippen LogP contribution < -0.4 is 5.32 Å². The predicted molar refractivity (Wildman–Crippen MR) is 101 cm³/mol. The fourth-order valence-corrected chi connectivity index (χ4v) is 3.64. The highest BCUT2D eigenvalue weighted by Gasteiger charge is 2.17. The van der Waals surface area contributed by atoms with E-state index in [4.69, 9.17) is 8.94 Å². The zero-order valence-corrected chi connectivity index (χ0v) is 15.2. The van der Waals surface area contributed by atoms with E-state index < -0.39 is 0 Å². The summed E-state index contributed by atoms with van der Waals surface area (Å²) in [6, 6.07) is 11.3. The number of benzene rings is 1. The molecule has 6 nitrogen and oxygen atoms in total. The van der Waals surface area contributed by atoms with Gasteiger partial charge in [0.1, 0.15) is 0 Å². The summed E-state index contributed by atoms with van der Waals surface area (Å²) in [5, 5.41) is 6.99. The molecule has 0 radical (unpaired) electrons. The molecule has 6 heteroatoms. The fraction of sp³-hybridized carbons (Fsp3) is 0.381. The van der Waals surface area contributed by atoms with E-state index in [1.807, 2.05) is 24.3 Å². The molecule has 0 saturated heterocycles. The van der Waals surface area contributed by atoms with E-state index in [0.717, 1.165) is 17.7 Å². The van der Waals surface area contributed by atoms with Crippen LogP contribution in [0.25, 0.3) is 11.6 Å². The molecular weight excluding hydrogens is 342 g/mol. The van der Waals surface area contributed by atoms with Gasteiger partial charge in [-0.25, -0.2) is 0 Å². The van der Waals surface area contributed by atoms with E-state index in [9.17, 15) is 4.79 Å². The molecule has 140 valence electrons. The van der Waals surface area contributed by atoms with Gasteiger partial charge in [-0.15, -0.1) is 0 Å². The van der Waals surface area contributed by atoms with E-state index in [1.54, 1.807) is 18.4 Å². The molecule has 27 heavy (non-hydrogen) atoms. The van der Waals surface area contributed by atoms with E-state index in [1.165, 1.54) is 25.7 Å². The summed E-state index contributed by atoms with van der Waals surface area (Å²) in [4.78, 5) is 16.7. The average Bonchev–Trinajstić information content (AvgIpc) is 3.44. The molecule has 2 heterocycles. The number of hydrogen-bond acceptors (Lipinski definition) is 5. The van der Waals surface area contributed by atoms with Crippen LogP contribution in [0.5, 0.6) is 0 Å². The van der Waals surface area contributed by atoms with Crippen LogP contribution in [0.4, 0.5) is 5.69 Å². The largest absolute Gasteiger partial charge is 0.461 e. The fourth-order valence-electron chi connectivity index (χ4n) is 3.64. The summed E-state index contributed by atoms with van der Waals surface area (Å²) < 4.78 is 10.6. The Morgan fingerprint density at radius 2 is 2.00 bits per heavy atom. The van der Waals surface area contributed by atoms with Crippen LogP contribution in [0.2, 0.25) is 0 Å². The van der Waals surface area contributed by atoms with Crippen LogP contribution in [0.1, 0.15) is 50.0 Å². The minimum atomic E-state index is 0.0659. The molecular formula is C21H23N3O3. The first kappa shape index (κ1) is 17.5. The lowest BCUT2D eigenvalue weighted by molar-refractivity contribution is -0.116. The highest BCUT2D eigenvalue weighted by molar-refractivity contribution is 5.91. The first-order valence-electron chi connectivity index (χ1n) is 9.52. The van der Waals surface area contributed by atoms with E-state index in [0.29, 0.717) is 36.2 Å². The van der Waals surface area contributed by atoms with Gasteiger partial charge in [-0.3, -0.25) is 4.79 Å². The average molecular weight is 365 g/mol. The number of carbonyl (C=O) groups is 1. The van der Waals surface area contributed by atoms with Gasteiger partial charge in [0, 0.05) is 12.1 Å². The molecule has 4 rings (SSSR count). The highest BCUT2D eigenvalue weighted by atomic mass is 16.5. The van der Waals surface area contributed by atoms with Gasteiger partial charge < -0.3 is 14.3 Å². The number of nitrogens with zero attached hydrogens (tertiary/aromatic N) is 2. The van der Waals surface area contributed by atoms with Crippen molar-refractivity contribution in [1.29, 1.82) is 0 Å². The Morgan fingerprint density at radius 3 is 2.81 bits per heavy atom. The van der Waals surface area contributed by atoms with Gasteiger partial charge in [0.2, 0.25) is 17.6 Å². The molecule has 3 aromatic rings. The third kappa shape index (κ3) is 4.45. The van der Waals surface area contributed by atoms with Crippen molar-refractivity contribution in [2.24, 2.45) is 5.92 Å². The summed E-state index contributed by atoms with van der Waals surface area (Å²) in [5.41, 5.74) is 1.74. The van der Waals surface area contributed by atoms with Crippen molar-refractivity contribution in [1.82, 2.24) is 10.1 Å². The van der Waals surface area contributed by atoms with E-state index in [-0.39, 0.29) is 5.91 Å². The molecule has 1 fully saturated rings. The van der Waals surface area contributed by atoms with Crippen molar-refractivity contribution < 1.29 is 13.7 Å². The van der Waals surface area contributed by atoms with E-state index in [2.05, 4.69) is 15.5 Å². The lowest BCUT2D eigenvalue weighted by atomic mass is 10.0. The highest BCUT2D eigenvalue weighted by Crippen LogP contribution is 2.29. The maximum absolute atomic E-state index is 12.4. The maximum Gasteiger partial charge on any atom is 0.238 e. The smallest absolute Gasteiger partial charge is 0.238 e. The van der Waals surface area contributed by atoms with Crippen molar-refractivity contribution in [2.75, 3.05) is 5.32 Å². The summed E-state index contributed by atoms with van der Waals surface area (Å²) >= 11 is 0. The molecule has 0 unspecified atom stereocenters. The molecule has 1 aliphatic carbocycles. The number of rotatable bonds is 7. The van der Waals surface area contributed by atoms with Crippen molar-refractivity contribution in [2.45, 2.75) is 44.9 Å². The number of aromatic nitrogens is 2. The minimum Gasteiger partial charge on any atom is -0.461 e. The molecule has 0 aliphatic heterocycles. The van der Waals surface area contributed by atoms with Crippen LogP contribution in [0.3, 0.4) is 0 Å². The molecule has 1 N–H and O–H groups in total. The van der Waals surface area contributed by atoms with Crippen LogP contribution >= 0.6 is 0 Å². The molecule has 0 bridgehead atoms. The first-order chi connectivity index (χ1) is 13.3. The molecule has 0 atom stereocenters.